The van der Waals surface area contributed by atoms with E-state index in [9.17, 15) is 0 Å². The van der Waals surface area contributed by atoms with Crippen molar-refractivity contribution in [3.05, 3.63) is 47.5 Å². The predicted molar refractivity (Wildman–Crippen MR) is 104 cm³/mol. The Morgan fingerprint density at radius 3 is 2.74 bits per heavy atom. The third-order valence-corrected chi connectivity index (χ3v) is 5.64. The highest BCUT2D eigenvalue weighted by Crippen LogP contribution is 2.34. The Morgan fingerprint density at radius 2 is 2.11 bits per heavy atom. The van der Waals surface area contributed by atoms with Crippen molar-refractivity contribution in [2.75, 3.05) is 0 Å². The van der Waals surface area contributed by atoms with Crippen molar-refractivity contribution in [3.63, 3.8) is 0 Å². The van der Waals surface area contributed by atoms with Gasteiger partial charge in [-0.3, -0.25) is 0 Å². The fourth-order valence-electron chi connectivity index (χ4n) is 3.87. The molecule has 0 spiro atoms. The minimum absolute atomic E-state index is 0.151. The van der Waals surface area contributed by atoms with Crippen molar-refractivity contribution < 1.29 is 4.74 Å². The summed E-state index contributed by atoms with van der Waals surface area (Å²) in [5.41, 5.74) is 1.23. The Labute approximate surface area is 160 Å². The van der Waals surface area contributed by atoms with Crippen LogP contribution in [-0.4, -0.2) is 39.0 Å². The zero-order valence-electron chi connectivity index (χ0n) is 16.2. The largest absolute Gasteiger partial charge is 0.373 e. The van der Waals surface area contributed by atoms with Gasteiger partial charge in [0.2, 0.25) is 0 Å². The number of nitrogens with one attached hydrogen (secondary N) is 2. The van der Waals surface area contributed by atoms with E-state index in [1.165, 1.54) is 12.0 Å². The lowest BCUT2D eigenvalue weighted by Gasteiger charge is -2.25. The van der Waals surface area contributed by atoms with Gasteiger partial charge in [-0.05, 0) is 38.7 Å². The van der Waals surface area contributed by atoms with E-state index in [0.717, 1.165) is 30.5 Å². The minimum Gasteiger partial charge on any atom is -0.373 e. The molecule has 2 N–H and O–H groups in total. The van der Waals surface area contributed by atoms with E-state index in [1.54, 1.807) is 0 Å². The number of ether oxygens (including phenoxy) is 1. The van der Waals surface area contributed by atoms with Crippen molar-refractivity contribution in [2.24, 2.45) is 12.0 Å². The molecule has 3 heterocycles. The Hall–Kier alpha value is -2.41. The molecule has 2 fully saturated rings. The summed E-state index contributed by atoms with van der Waals surface area (Å²) in [6.07, 6.45) is 4.06. The fourth-order valence-corrected chi connectivity index (χ4v) is 3.87. The van der Waals surface area contributed by atoms with Crippen LogP contribution in [0.25, 0.3) is 0 Å². The molecule has 0 aliphatic carbocycles. The SMILES string of the molecule is Cc1nnc(CN=C(NC(C)c2ccccc2)NC2CC3CCC2O3)n1C. The maximum atomic E-state index is 5.99. The number of benzene rings is 1. The van der Waals surface area contributed by atoms with E-state index < -0.39 is 0 Å². The summed E-state index contributed by atoms with van der Waals surface area (Å²) in [6.45, 7) is 4.58. The molecule has 2 aromatic rings. The zero-order valence-corrected chi connectivity index (χ0v) is 16.2. The van der Waals surface area contributed by atoms with E-state index in [0.29, 0.717) is 24.8 Å². The highest BCUT2D eigenvalue weighted by Gasteiger charge is 2.41. The minimum atomic E-state index is 0.151. The first kappa shape index (κ1) is 18.0. The highest BCUT2D eigenvalue weighted by molar-refractivity contribution is 5.80. The topological polar surface area (TPSA) is 76.4 Å². The summed E-state index contributed by atoms with van der Waals surface area (Å²) in [5, 5.41) is 15.5. The number of guanidine groups is 1. The first-order valence-electron chi connectivity index (χ1n) is 9.73. The van der Waals surface area contributed by atoms with Gasteiger partial charge in [-0.15, -0.1) is 10.2 Å². The molecule has 0 radical (unpaired) electrons. The van der Waals surface area contributed by atoms with Crippen LogP contribution in [0.15, 0.2) is 35.3 Å². The lowest BCUT2D eigenvalue weighted by Crippen LogP contribution is -2.48. The van der Waals surface area contributed by atoms with Gasteiger partial charge in [0.05, 0.1) is 24.3 Å². The van der Waals surface area contributed by atoms with Gasteiger partial charge in [0.25, 0.3) is 0 Å². The van der Waals surface area contributed by atoms with Crippen LogP contribution in [0.4, 0.5) is 0 Å². The second-order valence-electron chi connectivity index (χ2n) is 7.52. The van der Waals surface area contributed by atoms with Crippen LogP contribution in [0.2, 0.25) is 0 Å². The molecule has 1 aromatic carbocycles. The third kappa shape index (κ3) is 3.98. The number of nitrogens with zero attached hydrogens (tertiary/aromatic N) is 4. The molecule has 7 nitrogen and oxygen atoms in total. The molecule has 2 aliphatic heterocycles. The standard InChI is InChI=1S/C20H28N6O/c1-13(15-7-5-4-6-8-15)22-20(21-12-19-25-24-14(2)26(19)3)23-17-11-16-9-10-18(17)27-16/h4-8,13,16-18H,9-12H2,1-3H3,(H2,21,22,23). The van der Waals surface area contributed by atoms with Gasteiger partial charge in [-0.2, -0.15) is 0 Å². The zero-order chi connectivity index (χ0) is 18.8. The van der Waals surface area contributed by atoms with Crippen LogP contribution in [0.3, 0.4) is 0 Å². The molecule has 0 amide bonds. The van der Waals surface area contributed by atoms with Gasteiger partial charge in [-0.1, -0.05) is 30.3 Å². The Balaban J connectivity index is 1.49. The predicted octanol–water partition coefficient (Wildman–Crippen LogP) is 2.24. The van der Waals surface area contributed by atoms with Gasteiger partial charge < -0.3 is 19.9 Å². The summed E-state index contributed by atoms with van der Waals surface area (Å²) >= 11 is 0. The summed E-state index contributed by atoms with van der Waals surface area (Å²) in [5.74, 6) is 2.54. The number of aryl methyl sites for hydroxylation is 1. The van der Waals surface area contributed by atoms with Crippen LogP contribution in [-0.2, 0) is 18.3 Å². The van der Waals surface area contributed by atoms with Crippen molar-refractivity contribution in [1.82, 2.24) is 25.4 Å². The Bertz CT molecular complexity index is 802. The van der Waals surface area contributed by atoms with E-state index in [2.05, 4.69) is 52.0 Å². The maximum Gasteiger partial charge on any atom is 0.192 e. The molecule has 7 heteroatoms. The molecule has 27 heavy (non-hydrogen) atoms. The quantitative estimate of drug-likeness (QED) is 0.625. The van der Waals surface area contributed by atoms with Crippen LogP contribution in [0.1, 0.15) is 49.4 Å². The second kappa shape index (κ2) is 7.68. The van der Waals surface area contributed by atoms with Crippen molar-refractivity contribution in [1.29, 1.82) is 0 Å². The molecular weight excluding hydrogens is 340 g/mol. The number of hydrogen-bond donors (Lipinski definition) is 2. The third-order valence-electron chi connectivity index (χ3n) is 5.64. The molecule has 1 aromatic heterocycles. The van der Waals surface area contributed by atoms with Crippen molar-refractivity contribution >= 4 is 5.96 Å². The molecular formula is C20H28N6O. The van der Waals surface area contributed by atoms with Gasteiger partial charge in [0.1, 0.15) is 12.4 Å². The maximum absolute atomic E-state index is 5.99. The summed E-state index contributed by atoms with van der Waals surface area (Å²) in [6, 6.07) is 10.9. The monoisotopic (exact) mass is 368 g/mol. The number of hydrogen-bond acceptors (Lipinski definition) is 4. The molecule has 4 unspecified atom stereocenters. The Kier molecular flexibility index (Phi) is 5.11. The van der Waals surface area contributed by atoms with Crippen molar-refractivity contribution in [2.45, 2.75) is 63.9 Å². The smallest absolute Gasteiger partial charge is 0.192 e. The van der Waals surface area contributed by atoms with E-state index >= 15 is 0 Å². The molecule has 4 rings (SSSR count). The first-order valence-corrected chi connectivity index (χ1v) is 9.73. The van der Waals surface area contributed by atoms with Crippen molar-refractivity contribution in [3.8, 4) is 0 Å². The molecule has 2 bridgehead atoms. The van der Waals surface area contributed by atoms with Gasteiger partial charge in [0.15, 0.2) is 11.8 Å². The number of aliphatic imine (C=N–C) groups is 1. The van der Waals surface area contributed by atoms with Gasteiger partial charge >= 0.3 is 0 Å². The van der Waals surface area contributed by atoms with Crippen LogP contribution < -0.4 is 10.6 Å². The molecule has 0 saturated carbocycles. The number of rotatable bonds is 5. The highest BCUT2D eigenvalue weighted by atomic mass is 16.5. The second-order valence-corrected chi connectivity index (χ2v) is 7.52. The average molecular weight is 368 g/mol. The van der Waals surface area contributed by atoms with Gasteiger partial charge in [0, 0.05) is 7.05 Å². The first-order chi connectivity index (χ1) is 13.1. The lowest BCUT2D eigenvalue weighted by atomic mass is 9.96. The number of aromatic nitrogens is 3. The summed E-state index contributed by atoms with van der Waals surface area (Å²) in [7, 11) is 1.97. The summed E-state index contributed by atoms with van der Waals surface area (Å²) in [4.78, 5) is 4.80. The molecule has 144 valence electrons. The lowest BCUT2D eigenvalue weighted by molar-refractivity contribution is 0.0992. The van der Waals surface area contributed by atoms with E-state index in [-0.39, 0.29) is 6.04 Å². The number of fused-ring (bicyclic) bond motifs is 2. The normalized spacial score (nSPS) is 25.6. The Morgan fingerprint density at radius 1 is 1.30 bits per heavy atom. The molecule has 4 atom stereocenters. The molecule has 2 aliphatic rings. The fraction of sp³-hybridized carbons (Fsp3) is 0.550. The summed E-state index contributed by atoms with van der Waals surface area (Å²) < 4.78 is 7.96. The van der Waals surface area contributed by atoms with Crippen LogP contribution >= 0.6 is 0 Å². The van der Waals surface area contributed by atoms with E-state index in [1.807, 2.05) is 24.6 Å². The van der Waals surface area contributed by atoms with Crippen LogP contribution in [0, 0.1) is 6.92 Å². The van der Waals surface area contributed by atoms with Gasteiger partial charge in [-0.25, -0.2) is 4.99 Å². The van der Waals surface area contributed by atoms with Crippen LogP contribution in [0.5, 0.6) is 0 Å². The average Bonchev–Trinajstić information content (AvgIpc) is 3.38. The van der Waals surface area contributed by atoms with E-state index in [4.69, 9.17) is 9.73 Å². The molecule has 2 saturated heterocycles.